The van der Waals surface area contributed by atoms with E-state index in [4.69, 9.17) is 0 Å². The molecule has 0 N–H and O–H groups in total. The first kappa shape index (κ1) is 11.2. The summed E-state index contributed by atoms with van der Waals surface area (Å²) in [5.74, 6) is 3.92. The lowest BCUT2D eigenvalue weighted by molar-refractivity contribution is 0.199. The standard InChI is InChI=1S/C15H26/c1-12-6-9-14(10-7-12)4-3-5-15-11-8-13(15)2/h3-4,12-15H,5-11H2,1-2H3/b4-3+. The zero-order chi connectivity index (χ0) is 10.7. The lowest BCUT2D eigenvalue weighted by Gasteiger charge is -2.33. The Kier molecular flexibility index (Phi) is 3.88. The quantitative estimate of drug-likeness (QED) is 0.582. The van der Waals surface area contributed by atoms with Gasteiger partial charge in [-0.3, -0.25) is 0 Å². The molecule has 0 radical (unpaired) electrons. The van der Waals surface area contributed by atoms with Gasteiger partial charge in [0.15, 0.2) is 0 Å². The van der Waals surface area contributed by atoms with Gasteiger partial charge >= 0.3 is 0 Å². The van der Waals surface area contributed by atoms with Gasteiger partial charge in [0, 0.05) is 0 Å². The minimum absolute atomic E-state index is 0.914. The van der Waals surface area contributed by atoms with Crippen LogP contribution in [0.25, 0.3) is 0 Å². The number of hydrogen-bond acceptors (Lipinski definition) is 0. The van der Waals surface area contributed by atoms with Crippen molar-refractivity contribution < 1.29 is 0 Å². The molecule has 0 bridgehead atoms. The zero-order valence-corrected chi connectivity index (χ0v) is 10.4. The summed E-state index contributed by atoms with van der Waals surface area (Å²) in [6.07, 6.45) is 15.1. The van der Waals surface area contributed by atoms with Crippen molar-refractivity contribution in [2.45, 2.75) is 58.8 Å². The van der Waals surface area contributed by atoms with Gasteiger partial charge in [0.05, 0.1) is 0 Å². The minimum Gasteiger partial charge on any atom is -0.0880 e. The third-order valence-electron chi connectivity index (χ3n) is 4.71. The molecule has 0 nitrogen and oxygen atoms in total. The van der Waals surface area contributed by atoms with Gasteiger partial charge in [0.2, 0.25) is 0 Å². The molecule has 0 aromatic carbocycles. The van der Waals surface area contributed by atoms with Crippen LogP contribution in [-0.4, -0.2) is 0 Å². The first-order chi connectivity index (χ1) is 7.25. The topological polar surface area (TPSA) is 0 Å². The summed E-state index contributed by atoms with van der Waals surface area (Å²) in [5.41, 5.74) is 0. The number of allylic oxidation sites excluding steroid dienone is 2. The van der Waals surface area contributed by atoms with E-state index in [0.717, 1.165) is 23.7 Å². The Morgan fingerprint density at radius 1 is 0.933 bits per heavy atom. The van der Waals surface area contributed by atoms with Crippen LogP contribution in [0.4, 0.5) is 0 Å². The molecule has 0 aromatic heterocycles. The second kappa shape index (κ2) is 5.18. The molecule has 2 rings (SSSR count). The molecular formula is C15H26. The van der Waals surface area contributed by atoms with E-state index in [0.29, 0.717) is 0 Å². The average molecular weight is 206 g/mol. The molecule has 0 aromatic rings. The smallest absolute Gasteiger partial charge is 0.0233 e. The van der Waals surface area contributed by atoms with Crippen LogP contribution in [0.1, 0.15) is 58.8 Å². The Bertz CT molecular complexity index is 208. The minimum atomic E-state index is 0.914. The van der Waals surface area contributed by atoms with Gasteiger partial charge in [-0.2, -0.15) is 0 Å². The predicted molar refractivity (Wildman–Crippen MR) is 66.8 cm³/mol. The van der Waals surface area contributed by atoms with Crippen LogP contribution in [0.5, 0.6) is 0 Å². The normalized spacial score (nSPS) is 41.7. The molecule has 0 heterocycles. The number of rotatable bonds is 3. The molecule has 2 atom stereocenters. The largest absolute Gasteiger partial charge is 0.0880 e. The lowest BCUT2D eigenvalue weighted by Crippen LogP contribution is -2.22. The Balaban J connectivity index is 1.65. The van der Waals surface area contributed by atoms with Crippen LogP contribution in [-0.2, 0) is 0 Å². The van der Waals surface area contributed by atoms with Crippen molar-refractivity contribution in [1.29, 1.82) is 0 Å². The van der Waals surface area contributed by atoms with E-state index >= 15 is 0 Å². The highest BCUT2D eigenvalue weighted by Crippen LogP contribution is 2.36. The van der Waals surface area contributed by atoms with Gasteiger partial charge in [-0.25, -0.2) is 0 Å². The molecule has 86 valence electrons. The van der Waals surface area contributed by atoms with Crippen molar-refractivity contribution in [2.24, 2.45) is 23.7 Å². The molecule has 2 unspecified atom stereocenters. The molecule has 0 amide bonds. The van der Waals surface area contributed by atoms with E-state index in [9.17, 15) is 0 Å². The van der Waals surface area contributed by atoms with E-state index in [-0.39, 0.29) is 0 Å². The zero-order valence-electron chi connectivity index (χ0n) is 10.4. The van der Waals surface area contributed by atoms with Crippen molar-refractivity contribution in [3.05, 3.63) is 12.2 Å². The molecule has 0 saturated heterocycles. The Morgan fingerprint density at radius 3 is 2.20 bits per heavy atom. The summed E-state index contributed by atoms with van der Waals surface area (Å²) in [6, 6.07) is 0. The average Bonchev–Trinajstić information content (AvgIpc) is 2.25. The summed E-state index contributed by atoms with van der Waals surface area (Å²) in [6.45, 7) is 4.81. The van der Waals surface area contributed by atoms with Crippen molar-refractivity contribution in [1.82, 2.24) is 0 Å². The summed E-state index contributed by atoms with van der Waals surface area (Å²) in [4.78, 5) is 0. The van der Waals surface area contributed by atoms with Gasteiger partial charge in [-0.15, -0.1) is 0 Å². The van der Waals surface area contributed by atoms with Crippen LogP contribution in [0, 0.1) is 23.7 Å². The fraction of sp³-hybridized carbons (Fsp3) is 0.867. The summed E-state index contributed by atoms with van der Waals surface area (Å²) in [7, 11) is 0. The third-order valence-corrected chi connectivity index (χ3v) is 4.71. The van der Waals surface area contributed by atoms with E-state index in [1.165, 1.54) is 44.9 Å². The fourth-order valence-corrected chi connectivity index (χ4v) is 3.01. The van der Waals surface area contributed by atoms with Crippen molar-refractivity contribution in [3.63, 3.8) is 0 Å². The SMILES string of the molecule is CC1CCC(/C=C/CC2CCC2C)CC1. The highest BCUT2D eigenvalue weighted by Gasteiger charge is 2.25. The Hall–Kier alpha value is -0.260. The number of hydrogen-bond donors (Lipinski definition) is 0. The highest BCUT2D eigenvalue weighted by atomic mass is 14.3. The van der Waals surface area contributed by atoms with Crippen molar-refractivity contribution in [2.75, 3.05) is 0 Å². The van der Waals surface area contributed by atoms with Crippen LogP contribution in [0.15, 0.2) is 12.2 Å². The maximum Gasteiger partial charge on any atom is -0.0233 e. The van der Waals surface area contributed by atoms with Gasteiger partial charge < -0.3 is 0 Å². The monoisotopic (exact) mass is 206 g/mol. The lowest BCUT2D eigenvalue weighted by atomic mass is 9.73. The predicted octanol–water partition coefficient (Wildman–Crippen LogP) is 4.81. The van der Waals surface area contributed by atoms with E-state index in [1.54, 1.807) is 0 Å². The van der Waals surface area contributed by atoms with Crippen LogP contribution >= 0.6 is 0 Å². The molecular weight excluding hydrogens is 180 g/mol. The molecule has 0 spiro atoms. The van der Waals surface area contributed by atoms with Gasteiger partial charge in [-0.1, -0.05) is 45.3 Å². The molecule has 0 heteroatoms. The van der Waals surface area contributed by atoms with Crippen LogP contribution in [0.3, 0.4) is 0 Å². The summed E-state index contributed by atoms with van der Waals surface area (Å²) in [5, 5.41) is 0. The molecule has 15 heavy (non-hydrogen) atoms. The first-order valence-corrected chi connectivity index (χ1v) is 6.92. The maximum absolute atomic E-state index is 2.52. The second-order valence-corrected chi connectivity index (χ2v) is 6.00. The van der Waals surface area contributed by atoms with Crippen LogP contribution < -0.4 is 0 Å². The van der Waals surface area contributed by atoms with Crippen LogP contribution in [0.2, 0.25) is 0 Å². The van der Waals surface area contributed by atoms with Gasteiger partial charge in [0.25, 0.3) is 0 Å². The van der Waals surface area contributed by atoms with Crippen molar-refractivity contribution in [3.8, 4) is 0 Å². The fourth-order valence-electron chi connectivity index (χ4n) is 3.01. The van der Waals surface area contributed by atoms with E-state index in [1.807, 2.05) is 0 Å². The Morgan fingerprint density at radius 2 is 1.67 bits per heavy atom. The van der Waals surface area contributed by atoms with E-state index in [2.05, 4.69) is 26.0 Å². The summed E-state index contributed by atoms with van der Waals surface area (Å²) < 4.78 is 0. The first-order valence-electron chi connectivity index (χ1n) is 6.92. The summed E-state index contributed by atoms with van der Waals surface area (Å²) >= 11 is 0. The second-order valence-electron chi connectivity index (χ2n) is 6.00. The molecule has 2 aliphatic carbocycles. The maximum atomic E-state index is 2.52. The highest BCUT2D eigenvalue weighted by molar-refractivity contribution is 4.94. The van der Waals surface area contributed by atoms with Gasteiger partial charge in [0.1, 0.15) is 0 Å². The molecule has 2 aliphatic rings. The molecule has 2 saturated carbocycles. The molecule has 0 aliphatic heterocycles. The van der Waals surface area contributed by atoms with Crippen molar-refractivity contribution >= 4 is 0 Å². The van der Waals surface area contributed by atoms with E-state index < -0.39 is 0 Å². The Labute approximate surface area is 95.1 Å². The van der Waals surface area contributed by atoms with Gasteiger partial charge in [-0.05, 0) is 49.4 Å². The molecule has 2 fully saturated rings. The third kappa shape index (κ3) is 3.09.